The Labute approximate surface area is 145 Å². The van der Waals surface area contributed by atoms with Crippen LogP contribution in [0, 0.1) is 0 Å². The monoisotopic (exact) mass is 411 g/mol. The lowest BCUT2D eigenvalue weighted by molar-refractivity contribution is -0.0417. The molecule has 1 saturated heterocycles. The molecular weight excluding hydrogens is 396 g/mol. The first-order chi connectivity index (χ1) is 12.0. The van der Waals surface area contributed by atoms with Crippen LogP contribution in [0.4, 0.5) is 5.82 Å². The number of anilines is 1. The van der Waals surface area contributed by atoms with Gasteiger partial charge in [0.15, 0.2) is 11.5 Å². The number of ether oxygens (including phenoxy) is 1. The minimum Gasteiger partial charge on any atom is -0.382 e. The van der Waals surface area contributed by atoms with Gasteiger partial charge in [-0.25, -0.2) is 24.1 Å². The van der Waals surface area contributed by atoms with E-state index in [1.165, 1.54) is 17.2 Å². The van der Waals surface area contributed by atoms with E-state index in [2.05, 4.69) is 24.0 Å². The Bertz CT molecular complexity index is 894. The van der Waals surface area contributed by atoms with Crippen LogP contribution in [-0.4, -0.2) is 57.9 Å². The van der Waals surface area contributed by atoms with E-state index in [0.717, 1.165) is 0 Å². The number of rotatable bonds is 6. The van der Waals surface area contributed by atoms with Gasteiger partial charge in [0, 0.05) is 6.42 Å². The molecule has 0 aromatic carbocycles. The van der Waals surface area contributed by atoms with Crippen LogP contribution in [-0.2, 0) is 22.9 Å². The van der Waals surface area contributed by atoms with Crippen LogP contribution in [0.3, 0.4) is 0 Å². The van der Waals surface area contributed by atoms with Crippen LogP contribution in [0.2, 0.25) is 0 Å². The molecule has 144 valence electrons. The highest BCUT2D eigenvalue weighted by atomic mass is 31.2. The summed E-state index contributed by atoms with van der Waals surface area (Å²) in [6.07, 6.45) is -0.684. The van der Waals surface area contributed by atoms with E-state index in [1.54, 1.807) is 0 Å². The molecule has 3 heterocycles. The molecule has 3 rings (SSSR count). The highest BCUT2D eigenvalue weighted by molar-refractivity contribution is 7.46. The third-order valence-corrected chi connectivity index (χ3v) is 4.59. The normalized spacial score (nSPS) is 24.4. The maximum absolute atomic E-state index is 11.2. The van der Waals surface area contributed by atoms with Gasteiger partial charge in [-0.05, 0) is 0 Å². The van der Waals surface area contributed by atoms with Crippen molar-refractivity contribution in [2.75, 3.05) is 12.3 Å². The van der Waals surface area contributed by atoms with Crippen LogP contribution < -0.4 is 5.73 Å². The summed E-state index contributed by atoms with van der Waals surface area (Å²) in [5.74, 6) is 0.135. The second-order valence-electron chi connectivity index (χ2n) is 5.37. The molecule has 3 atom stereocenters. The number of phosphoric ester groups is 2. The summed E-state index contributed by atoms with van der Waals surface area (Å²) in [6.45, 7) is -0.644. The van der Waals surface area contributed by atoms with E-state index in [9.17, 15) is 9.13 Å². The molecule has 0 spiro atoms. The predicted octanol–water partition coefficient (Wildman–Crippen LogP) is -0.717. The second kappa shape index (κ2) is 6.93. The van der Waals surface area contributed by atoms with Crippen molar-refractivity contribution in [1.82, 2.24) is 19.5 Å². The molecule has 0 bridgehead atoms. The summed E-state index contributed by atoms with van der Waals surface area (Å²) in [7, 11) is -9.68. The summed E-state index contributed by atoms with van der Waals surface area (Å²) < 4.78 is 38.1. The van der Waals surface area contributed by atoms with E-state index < -0.39 is 40.7 Å². The predicted molar refractivity (Wildman–Crippen MR) is 83.2 cm³/mol. The summed E-state index contributed by atoms with van der Waals surface area (Å²) in [5.41, 5.74) is 6.32. The first-order valence-corrected chi connectivity index (χ1v) is 10.1. The summed E-state index contributed by atoms with van der Waals surface area (Å²) in [6, 6.07) is 0. The number of nitrogen functional groups attached to an aromatic ring is 1. The zero-order valence-electron chi connectivity index (χ0n) is 12.9. The maximum Gasteiger partial charge on any atom is 0.469 e. The Morgan fingerprint density at radius 2 is 1.96 bits per heavy atom. The van der Waals surface area contributed by atoms with Crippen molar-refractivity contribution in [3.05, 3.63) is 12.7 Å². The van der Waals surface area contributed by atoms with Gasteiger partial charge in [0.2, 0.25) is 0 Å². The molecular formula is C10H15N5O9P2. The number of phosphoric acid groups is 2. The van der Waals surface area contributed by atoms with Crippen LogP contribution in [0.1, 0.15) is 12.6 Å². The first-order valence-electron chi connectivity index (χ1n) is 7.06. The highest BCUT2D eigenvalue weighted by Crippen LogP contribution is 2.45. The van der Waals surface area contributed by atoms with Gasteiger partial charge in [0.1, 0.15) is 30.3 Å². The van der Waals surface area contributed by atoms with E-state index >= 15 is 0 Å². The topological polar surface area (TPSA) is 212 Å². The van der Waals surface area contributed by atoms with Crippen molar-refractivity contribution in [3.8, 4) is 0 Å². The molecule has 0 radical (unpaired) electrons. The molecule has 1 aliphatic rings. The second-order valence-corrected chi connectivity index (χ2v) is 7.80. The fourth-order valence-corrected chi connectivity index (χ4v) is 3.48. The zero-order valence-corrected chi connectivity index (χ0v) is 14.7. The van der Waals surface area contributed by atoms with Gasteiger partial charge >= 0.3 is 15.6 Å². The van der Waals surface area contributed by atoms with Gasteiger partial charge in [-0.15, -0.1) is 0 Å². The Morgan fingerprint density at radius 1 is 1.23 bits per heavy atom. The lowest BCUT2D eigenvalue weighted by atomic mass is 10.2. The van der Waals surface area contributed by atoms with E-state index in [4.69, 9.17) is 30.0 Å². The number of nitrogens with two attached hydrogens (primary N) is 1. The number of fused-ring (bicyclic) bond motifs is 1. The Morgan fingerprint density at radius 3 is 2.62 bits per heavy atom. The lowest BCUT2D eigenvalue weighted by Crippen LogP contribution is -2.28. The van der Waals surface area contributed by atoms with Gasteiger partial charge in [-0.2, -0.15) is 0 Å². The summed E-state index contributed by atoms with van der Waals surface area (Å²) in [5, 5.41) is 0. The largest absolute Gasteiger partial charge is 0.469 e. The van der Waals surface area contributed by atoms with Crippen molar-refractivity contribution in [1.29, 1.82) is 0 Å². The van der Waals surface area contributed by atoms with Crippen molar-refractivity contribution in [2.45, 2.75) is 24.9 Å². The third-order valence-electron chi connectivity index (χ3n) is 3.56. The average Bonchev–Trinajstić information content (AvgIpc) is 3.07. The van der Waals surface area contributed by atoms with Crippen LogP contribution in [0.15, 0.2) is 12.7 Å². The summed E-state index contributed by atoms with van der Waals surface area (Å²) >= 11 is 0. The number of hydrogen-bond acceptors (Lipinski definition) is 9. The van der Waals surface area contributed by atoms with Gasteiger partial charge in [-0.3, -0.25) is 13.6 Å². The van der Waals surface area contributed by atoms with Crippen LogP contribution in [0.25, 0.3) is 11.2 Å². The SMILES string of the molecule is Nc1ncnc2c1ncn2[C@H]1C[C@@H](OP(=O)(O)O)[C@@H](COP(=O)(O)O)O1. The van der Waals surface area contributed by atoms with Crippen molar-refractivity contribution < 1.29 is 42.5 Å². The molecule has 1 aliphatic heterocycles. The smallest absolute Gasteiger partial charge is 0.382 e. The first kappa shape index (κ1) is 19.3. The molecule has 14 nitrogen and oxygen atoms in total. The molecule has 0 amide bonds. The highest BCUT2D eigenvalue weighted by Gasteiger charge is 2.42. The molecule has 16 heteroatoms. The molecule has 0 saturated carbocycles. The van der Waals surface area contributed by atoms with Gasteiger partial charge in [0.05, 0.1) is 12.9 Å². The third kappa shape index (κ3) is 4.43. The molecule has 6 N–H and O–H groups in total. The van der Waals surface area contributed by atoms with Crippen LogP contribution >= 0.6 is 15.6 Å². The van der Waals surface area contributed by atoms with Crippen molar-refractivity contribution in [3.63, 3.8) is 0 Å². The zero-order chi connectivity index (χ0) is 19.1. The summed E-state index contributed by atoms with van der Waals surface area (Å²) in [4.78, 5) is 47.6. The molecule has 2 aromatic rings. The molecule has 26 heavy (non-hydrogen) atoms. The number of hydrogen-bond donors (Lipinski definition) is 5. The van der Waals surface area contributed by atoms with Gasteiger partial charge in [-0.1, -0.05) is 0 Å². The maximum atomic E-state index is 11.2. The van der Waals surface area contributed by atoms with E-state index in [1.807, 2.05) is 0 Å². The molecule has 0 aliphatic carbocycles. The lowest BCUT2D eigenvalue weighted by Gasteiger charge is -2.19. The number of aromatic nitrogens is 4. The van der Waals surface area contributed by atoms with E-state index in [0.29, 0.717) is 11.2 Å². The number of nitrogens with zero attached hydrogens (tertiary/aromatic N) is 4. The van der Waals surface area contributed by atoms with Crippen molar-refractivity contribution in [2.24, 2.45) is 0 Å². The van der Waals surface area contributed by atoms with Gasteiger partial charge in [0.25, 0.3) is 0 Å². The minimum atomic E-state index is -4.88. The van der Waals surface area contributed by atoms with Crippen molar-refractivity contribution >= 4 is 32.6 Å². The Kier molecular flexibility index (Phi) is 5.14. The average molecular weight is 411 g/mol. The molecule has 1 fully saturated rings. The quantitative estimate of drug-likeness (QED) is 0.372. The standard InChI is InChI=1S/C10H15N5O9P2/c11-9-8-10(13-3-12-9)15(4-14-8)7-1-5(24-26(19,20)21)6(23-7)2-22-25(16,17)18/h3-7H,1-2H2,(H2,11,12,13)(H2,16,17,18)(H2,19,20,21)/t5-,6-,7-/m1/s1. The fraction of sp³-hybridized carbons (Fsp3) is 0.500. The van der Waals surface area contributed by atoms with E-state index in [-0.39, 0.29) is 12.2 Å². The van der Waals surface area contributed by atoms with Gasteiger partial charge < -0.3 is 30.0 Å². The Balaban J connectivity index is 1.85. The molecule has 2 aromatic heterocycles. The number of imidazole rings is 1. The Hall–Kier alpha value is -1.47. The van der Waals surface area contributed by atoms with Crippen LogP contribution in [0.5, 0.6) is 0 Å². The fourth-order valence-electron chi connectivity index (χ4n) is 2.56. The molecule has 0 unspecified atom stereocenters. The minimum absolute atomic E-state index is 0.0599.